The fourth-order valence-corrected chi connectivity index (χ4v) is 4.53. The Bertz CT molecular complexity index is 796. The number of ether oxygens (including phenoxy) is 1. The predicted octanol–water partition coefficient (Wildman–Crippen LogP) is 2.70. The Balaban J connectivity index is 1.84. The van der Waals surface area contributed by atoms with Crippen LogP contribution in [-0.4, -0.2) is 34.7 Å². The maximum Gasteiger partial charge on any atom is 0.310 e. The Morgan fingerprint density at radius 2 is 2.04 bits per heavy atom. The van der Waals surface area contributed by atoms with E-state index in [1.54, 1.807) is 11.0 Å². The van der Waals surface area contributed by atoms with Crippen molar-refractivity contribution in [2.45, 2.75) is 38.0 Å². The van der Waals surface area contributed by atoms with Gasteiger partial charge in [-0.05, 0) is 32.4 Å². The van der Waals surface area contributed by atoms with Crippen LogP contribution in [0.15, 0.2) is 48.6 Å². The first-order valence-electron chi connectivity index (χ1n) is 8.49. The van der Waals surface area contributed by atoms with E-state index in [0.717, 1.165) is 16.8 Å². The van der Waals surface area contributed by atoms with Crippen LogP contribution in [-0.2, 0) is 14.3 Å². The Kier molecular flexibility index (Phi) is 3.41. The first-order valence-corrected chi connectivity index (χ1v) is 8.49. The average molecular weight is 339 g/mol. The van der Waals surface area contributed by atoms with Crippen molar-refractivity contribution in [3.63, 3.8) is 0 Å². The van der Waals surface area contributed by atoms with Crippen molar-refractivity contribution in [1.82, 2.24) is 0 Å². The number of carbonyl (C=O) groups is 2. The fraction of sp³-hybridized carbons (Fsp3) is 0.400. The number of fused-ring (bicyclic) bond motifs is 1. The lowest BCUT2D eigenvalue weighted by Crippen LogP contribution is -2.45. The number of carboxylic acids is 1. The summed E-state index contributed by atoms with van der Waals surface area (Å²) >= 11 is 0. The molecule has 5 atom stereocenters. The molecule has 25 heavy (non-hydrogen) atoms. The van der Waals surface area contributed by atoms with Crippen LogP contribution < -0.4 is 4.90 Å². The quantitative estimate of drug-likeness (QED) is 0.857. The molecule has 0 aliphatic carbocycles. The Morgan fingerprint density at radius 3 is 2.64 bits per heavy atom. The summed E-state index contributed by atoms with van der Waals surface area (Å²) in [7, 11) is 0. The highest BCUT2D eigenvalue weighted by atomic mass is 16.5. The standard InChI is InChI=1S/C20H21NO4/c1-11(2)10-15-20-9-8-14(25-20)16(19(23)24)17(20)18(22)21(15)13-6-4-12(3)5-7-13/h4-9,14-17H,1,10H2,2-3H3,(H,23,24)/t14-,15+,16-,17+,20-/m1/s1. The lowest BCUT2D eigenvalue weighted by molar-refractivity contribution is -0.146. The molecule has 1 aromatic carbocycles. The average Bonchev–Trinajstić information content (AvgIpc) is 3.18. The Morgan fingerprint density at radius 1 is 1.36 bits per heavy atom. The van der Waals surface area contributed by atoms with E-state index in [9.17, 15) is 14.7 Å². The van der Waals surface area contributed by atoms with E-state index >= 15 is 0 Å². The predicted molar refractivity (Wildman–Crippen MR) is 93.2 cm³/mol. The Hall–Kier alpha value is -2.40. The van der Waals surface area contributed by atoms with Gasteiger partial charge in [0.05, 0.1) is 18.1 Å². The normalized spacial score (nSPS) is 35.3. The van der Waals surface area contributed by atoms with Crippen molar-refractivity contribution >= 4 is 17.6 Å². The zero-order valence-electron chi connectivity index (χ0n) is 14.3. The number of benzene rings is 1. The van der Waals surface area contributed by atoms with Crippen molar-refractivity contribution in [2.24, 2.45) is 11.8 Å². The number of nitrogens with zero attached hydrogens (tertiary/aromatic N) is 1. The molecule has 5 nitrogen and oxygen atoms in total. The molecule has 0 radical (unpaired) electrons. The number of hydrogen-bond donors (Lipinski definition) is 1. The van der Waals surface area contributed by atoms with E-state index in [1.807, 2.05) is 44.2 Å². The molecule has 0 unspecified atom stereocenters. The molecule has 0 aromatic heterocycles. The lowest BCUT2D eigenvalue weighted by Gasteiger charge is -2.33. The molecule has 2 fully saturated rings. The van der Waals surface area contributed by atoms with Crippen LogP contribution in [0.3, 0.4) is 0 Å². The minimum atomic E-state index is -0.977. The minimum Gasteiger partial charge on any atom is -0.481 e. The number of amides is 1. The minimum absolute atomic E-state index is 0.172. The molecule has 1 aromatic rings. The molecule has 1 spiro atoms. The van der Waals surface area contributed by atoms with Crippen molar-refractivity contribution in [3.8, 4) is 0 Å². The smallest absolute Gasteiger partial charge is 0.310 e. The summed E-state index contributed by atoms with van der Waals surface area (Å²) in [5.41, 5.74) is 1.93. The van der Waals surface area contributed by atoms with Crippen molar-refractivity contribution in [1.29, 1.82) is 0 Å². The zero-order chi connectivity index (χ0) is 17.9. The highest BCUT2D eigenvalue weighted by Crippen LogP contribution is 2.56. The molecule has 1 N–H and O–H groups in total. The molecule has 3 heterocycles. The first kappa shape index (κ1) is 16.1. The molecule has 2 bridgehead atoms. The number of carbonyl (C=O) groups excluding carboxylic acids is 1. The molecule has 130 valence electrons. The van der Waals surface area contributed by atoms with Gasteiger partial charge in [-0.2, -0.15) is 0 Å². The monoisotopic (exact) mass is 339 g/mol. The van der Waals surface area contributed by atoms with Gasteiger partial charge in [0.2, 0.25) is 5.91 Å². The second-order valence-electron chi connectivity index (χ2n) is 7.36. The van der Waals surface area contributed by atoms with Gasteiger partial charge in [0.1, 0.15) is 11.5 Å². The molecule has 5 heteroatoms. The maximum absolute atomic E-state index is 13.3. The first-order chi connectivity index (χ1) is 11.8. The van der Waals surface area contributed by atoms with Crippen LogP contribution in [0.4, 0.5) is 5.69 Å². The van der Waals surface area contributed by atoms with E-state index in [2.05, 4.69) is 6.58 Å². The van der Waals surface area contributed by atoms with Gasteiger partial charge >= 0.3 is 5.97 Å². The second-order valence-corrected chi connectivity index (χ2v) is 7.36. The van der Waals surface area contributed by atoms with Gasteiger partial charge in [-0.3, -0.25) is 9.59 Å². The van der Waals surface area contributed by atoms with E-state index in [-0.39, 0.29) is 11.9 Å². The van der Waals surface area contributed by atoms with Crippen molar-refractivity contribution < 1.29 is 19.4 Å². The number of hydrogen-bond acceptors (Lipinski definition) is 3. The SMILES string of the molecule is C=C(C)C[C@@H]1N(c2ccc(C)cc2)C(=O)[C@@H]2[C@H](C(=O)O)[C@H]3C=C[C@]21O3. The van der Waals surface area contributed by atoms with Gasteiger partial charge in [-0.1, -0.05) is 35.4 Å². The summed E-state index contributed by atoms with van der Waals surface area (Å²) in [6.45, 7) is 7.91. The van der Waals surface area contributed by atoms with Gasteiger partial charge in [0.15, 0.2) is 0 Å². The molecule has 3 aliphatic rings. The molecule has 3 aliphatic heterocycles. The number of carboxylic acid groups (broad SMARTS) is 1. The molecule has 4 rings (SSSR count). The molecule has 0 saturated carbocycles. The highest BCUT2D eigenvalue weighted by molar-refractivity contribution is 6.03. The number of aliphatic carboxylic acids is 1. The third-order valence-corrected chi connectivity index (χ3v) is 5.56. The van der Waals surface area contributed by atoms with Crippen LogP contribution >= 0.6 is 0 Å². The van der Waals surface area contributed by atoms with Crippen LogP contribution in [0.5, 0.6) is 0 Å². The molecular formula is C20H21NO4. The maximum atomic E-state index is 13.3. The fourth-order valence-electron chi connectivity index (χ4n) is 4.53. The molecular weight excluding hydrogens is 318 g/mol. The van der Waals surface area contributed by atoms with E-state index in [4.69, 9.17) is 4.74 Å². The van der Waals surface area contributed by atoms with Gasteiger partial charge in [-0.25, -0.2) is 0 Å². The summed E-state index contributed by atoms with van der Waals surface area (Å²) in [5, 5.41) is 9.66. The third kappa shape index (κ3) is 2.12. The largest absolute Gasteiger partial charge is 0.481 e. The summed E-state index contributed by atoms with van der Waals surface area (Å²) in [6.07, 6.45) is 3.74. The summed E-state index contributed by atoms with van der Waals surface area (Å²) in [5.74, 6) is -2.67. The lowest BCUT2D eigenvalue weighted by atomic mass is 9.74. The third-order valence-electron chi connectivity index (χ3n) is 5.56. The number of anilines is 1. The summed E-state index contributed by atoms with van der Waals surface area (Å²) in [4.78, 5) is 26.8. The topological polar surface area (TPSA) is 66.8 Å². The van der Waals surface area contributed by atoms with E-state index < -0.39 is 29.5 Å². The van der Waals surface area contributed by atoms with Gasteiger partial charge in [0, 0.05) is 5.69 Å². The molecule has 2 saturated heterocycles. The van der Waals surface area contributed by atoms with Gasteiger partial charge < -0.3 is 14.7 Å². The zero-order valence-corrected chi connectivity index (χ0v) is 14.3. The molecule has 1 amide bonds. The van der Waals surface area contributed by atoms with Gasteiger partial charge in [0.25, 0.3) is 0 Å². The van der Waals surface area contributed by atoms with Crippen LogP contribution in [0.2, 0.25) is 0 Å². The van der Waals surface area contributed by atoms with E-state index in [0.29, 0.717) is 6.42 Å². The van der Waals surface area contributed by atoms with Crippen molar-refractivity contribution in [2.75, 3.05) is 4.90 Å². The van der Waals surface area contributed by atoms with Crippen LogP contribution in [0.1, 0.15) is 18.9 Å². The summed E-state index contributed by atoms with van der Waals surface area (Å²) in [6, 6.07) is 7.44. The van der Waals surface area contributed by atoms with Crippen LogP contribution in [0.25, 0.3) is 0 Å². The number of rotatable bonds is 4. The van der Waals surface area contributed by atoms with E-state index in [1.165, 1.54) is 0 Å². The second kappa shape index (κ2) is 5.30. The van der Waals surface area contributed by atoms with Crippen molar-refractivity contribution in [3.05, 3.63) is 54.1 Å². The highest BCUT2D eigenvalue weighted by Gasteiger charge is 2.71. The van der Waals surface area contributed by atoms with Crippen LogP contribution in [0, 0.1) is 18.8 Å². The number of aryl methyl sites for hydroxylation is 1. The Labute approximate surface area is 146 Å². The van der Waals surface area contributed by atoms with Gasteiger partial charge in [-0.15, -0.1) is 6.58 Å². The summed E-state index contributed by atoms with van der Waals surface area (Å²) < 4.78 is 6.12.